The molecule has 0 saturated carbocycles. The minimum absolute atomic E-state index is 1.32. The topological polar surface area (TPSA) is 0 Å². The number of hydrogen-bond donors (Lipinski definition) is 0. The second kappa shape index (κ2) is 13.9. The average molecular weight is 365 g/mol. The molecular formula is C21H46ClP. The fraction of sp³-hybridized carbons (Fsp3) is 1.00. The molecule has 2 heteroatoms. The zero-order valence-electron chi connectivity index (χ0n) is 16.8. The van der Waals surface area contributed by atoms with Crippen molar-refractivity contribution >= 4 is 17.2 Å². The van der Waals surface area contributed by atoms with E-state index in [1.807, 2.05) is 0 Å². The Morgan fingerprint density at radius 2 is 0.696 bits per heavy atom. The normalized spacial score (nSPS) is 13.9. The van der Waals surface area contributed by atoms with Crippen LogP contribution in [0.15, 0.2) is 0 Å². The number of hydrogen-bond acceptors (Lipinski definition) is 0. The molecule has 0 aliphatic heterocycles. The van der Waals surface area contributed by atoms with E-state index in [1.54, 1.807) is 0 Å². The fourth-order valence-electron chi connectivity index (χ4n) is 3.88. The minimum atomic E-state index is -1.97. The first kappa shape index (κ1) is 23.7. The van der Waals surface area contributed by atoms with Crippen LogP contribution in [-0.4, -0.2) is 24.6 Å². The average Bonchev–Trinajstić information content (AvgIpc) is 2.53. The zero-order chi connectivity index (χ0) is 17.5. The van der Waals surface area contributed by atoms with Crippen LogP contribution in [0.5, 0.6) is 0 Å². The molecule has 0 aromatic rings. The van der Waals surface area contributed by atoms with Gasteiger partial charge in [0.2, 0.25) is 0 Å². The van der Waals surface area contributed by atoms with Crippen molar-refractivity contribution in [3.05, 3.63) is 0 Å². The molecule has 0 atom stereocenters. The molecule has 0 aliphatic rings. The summed E-state index contributed by atoms with van der Waals surface area (Å²) >= 11 is 7.71. The van der Waals surface area contributed by atoms with Crippen molar-refractivity contribution in [2.24, 2.45) is 0 Å². The Bertz CT molecular complexity index is 235. The van der Waals surface area contributed by atoms with E-state index < -0.39 is 5.96 Å². The van der Waals surface area contributed by atoms with Gasteiger partial charge in [0, 0.05) is 0 Å². The van der Waals surface area contributed by atoms with E-state index in [2.05, 4.69) is 27.7 Å². The molecule has 0 unspecified atom stereocenters. The van der Waals surface area contributed by atoms with Gasteiger partial charge in [-0.1, -0.05) is 0 Å². The van der Waals surface area contributed by atoms with Gasteiger partial charge in [0.15, 0.2) is 0 Å². The molecule has 0 spiro atoms. The van der Waals surface area contributed by atoms with Crippen molar-refractivity contribution in [3.8, 4) is 0 Å². The summed E-state index contributed by atoms with van der Waals surface area (Å²) < 4.78 is 0. The standard InChI is InChI=1S/C21H46ClP/c1-5-9-13-17-21-23(22,18-14-10-6-2,19-15-11-7-3)20-16-12-8-4/h5-21H2,1-4H3. The Morgan fingerprint density at radius 3 is 1.00 bits per heavy atom. The SMILES string of the molecule is CCCCCCP(Cl)(CCCCC)(CCCCC)CCCCC. The first-order valence-corrected chi connectivity index (χ1v) is 14.6. The van der Waals surface area contributed by atoms with Gasteiger partial charge in [0.25, 0.3) is 0 Å². The molecule has 0 saturated heterocycles. The molecule has 0 N–H and O–H groups in total. The van der Waals surface area contributed by atoms with Gasteiger partial charge in [-0.25, -0.2) is 0 Å². The van der Waals surface area contributed by atoms with E-state index in [-0.39, 0.29) is 0 Å². The third-order valence-corrected chi connectivity index (χ3v) is 13.3. The molecular weight excluding hydrogens is 319 g/mol. The number of halogens is 1. The van der Waals surface area contributed by atoms with Crippen LogP contribution in [0.1, 0.15) is 111 Å². The second-order valence-electron chi connectivity index (χ2n) is 7.90. The summed E-state index contributed by atoms with van der Waals surface area (Å²) in [4.78, 5) is 0. The summed E-state index contributed by atoms with van der Waals surface area (Å²) in [7, 11) is 0. The van der Waals surface area contributed by atoms with Crippen LogP contribution in [0.3, 0.4) is 0 Å². The van der Waals surface area contributed by atoms with E-state index >= 15 is 0 Å². The Labute approximate surface area is 153 Å². The van der Waals surface area contributed by atoms with Crippen molar-refractivity contribution in [2.45, 2.75) is 111 Å². The molecule has 0 bridgehead atoms. The second-order valence-corrected chi connectivity index (χ2v) is 16.2. The molecule has 0 rings (SSSR count). The van der Waals surface area contributed by atoms with Crippen LogP contribution in [0.25, 0.3) is 0 Å². The molecule has 0 nitrogen and oxygen atoms in total. The van der Waals surface area contributed by atoms with Gasteiger partial charge >= 0.3 is 153 Å². The third kappa shape index (κ3) is 11.0. The van der Waals surface area contributed by atoms with Crippen LogP contribution in [-0.2, 0) is 0 Å². The summed E-state index contributed by atoms with van der Waals surface area (Å²) in [6.45, 7) is 9.26. The van der Waals surface area contributed by atoms with Gasteiger partial charge < -0.3 is 0 Å². The van der Waals surface area contributed by atoms with Gasteiger partial charge in [-0.05, 0) is 0 Å². The van der Waals surface area contributed by atoms with Crippen LogP contribution >= 0.6 is 17.2 Å². The Balaban J connectivity index is 4.89. The number of rotatable bonds is 17. The summed E-state index contributed by atoms with van der Waals surface area (Å²) in [5, 5.41) is 0. The Hall–Kier alpha value is 0.720. The van der Waals surface area contributed by atoms with E-state index in [4.69, 9.17) is 11.2 Å². The first-order valence-electron chi connectivity index (χ1n) is 10.8. The summed E-state index contributed by atoms with van der Waals surface area (Å²) in [5.41, 5.74) is 0. The van der Waals surface area contributed by atoms with Crippen LogP contribution in [0, 0.1) is 0 Å². The summed E-state index contributed by atoms with van der Waals surface area (Å²) in [6, 6.07) is 0. The summed E-state index contributed by atoms with van der Waals surface area (Å²) in [6.07, 6.45) is 23.3. The van der Waals surface area contributed by atoms with Crippen molar-refractivity contribution in [1.82, 2.24) is 0 Å². The van der Waals surface area contributed by atoms with Crippen molar-refractivity contribution in [1.29, 1.82) is 0 Å². The van der Waals surface area contributed by atoms with Crippen LogP contribution < -0.4 is 0 Å². The van der Waals surface area contributed by atoms with Crippen molar-refractivity contribution < 1.29 is 0 Å². The van der Waals surface area contributed by atoms with Gasteiger partial charge in [0.1, 0.15) is 0 Å². The first-order chi connectivity index (χ1) is 11.0. The van der Waals surface area contributed by atoms with Crippen molar-refractivity contribution in [2.75, 3.05) is 24.6 Å². The van der Waals surface area contributed by atoms with E-state index in [1.165, 1.54) is 108 Å². The maximum absolute atomic E-state index is 7.71. The van der Waals surface area contributed by atoms with Crippen molar-refractivity contribution in [3.63, 3.8) is 0 Å². The van der Waals surface area contributed by atoms with Gasteiger partial charge in [-0.3, -0.25) is 0 Å². The van der Waals surface area contributed by atoms with E-state index in [9.17, 15) is 0 Å². The predicted molar refractivity (Wildman–Crippen MR) is 115 cm³/mol. The predicted octanol–water partition coefficient (Wildman–Crippen LogP) is 8.84. The fourth-order valence-corrected chi connectivity index (χ4v) is 10.7. The molecule has 0 aromatic carbocycles. The Kier molecular flexibility index (Phi) is 14.4. The van der Waals surface area contributed by atoms with Gasteiger partial charge in [-0.15, -0.1) is 0 Å². The molecule has 0 heterocycles. The molecule has 0 fully saturated rings. The van der Waals surface area contributed by atoms with Gasteiger partial charge in [0.05, 0.1) is 0 Å². The van der Waals surface area contributed by atoms with Crippen LogP contribution in [0.2, 0.25) is 0 Å². The zero-order valence-corrected chi connectivity index (χ0v) is 18.5. The van der Waals surface area contributed by atoms with Crippen LogP contribution in [0.4, 0.5) is 0 Å². The monoisotopic (exact) mass is 364 g/mol. The van der Waals surface area contributed by atoms with E-state index in [0.717, 1.165) is 0 Å². The molecule has 0 radical (unpaired) electrons. The third-order valence-electron chi connectivity index (χ3n) is 5.53. The Morgan fingerprint density at radius 1 is 0.435 bits per heavy atom. The van der Waals surface area contributed by atoms with Gasteiger partial charge in [-0.2, -0.15) is 0 Å². The molecule has 142 valence electrons. The molecule has 0 aliphatic carbocycles. The quantitative estimate of drug-likeness (QED) is 0.178. The molecule has 23 heavy (non-hydrogen) atoms. The maximum atomic E-state index is 7.71. The summed E-state index contributed by atoms with van der Waals surface area (Å²) in [5.74, 6) is -1.97. The molecule has 0 aromatic heterocycles. The van der Waals surface area contributed by atoms with E-state index in [0.29, 0.717) is 0 Å². The molecule has 0 amide bonds. The number of unbranched alkanes of at least 4 members (excludes halogenated alkanes) is 9.